The summed E-state index contributed by atoms with van der Waals surface area (Å²) in [5.41, 5.74) is 1.36. The zero-order valence-corrected chi connectivity index (χ0v) is 20.8. The molecule has 2 aromatic carbocycles. The second kappa shape index (κ2) is 10.6. The lowest BCUT2D eigenvalue weighted by molar-refractivity contribution is -0.139. The first-order chi connectivity index (χ1) is 16.4. The summed E-state index contributed by atoms with van der Waals surface area (Å²) in [6.45, 7) is 2.94. The number of hydrogen-bond donors (Lipinski definition) is 0. The minimum absolute atomic E-state index is 0.0244. The van der Waals surface area contributed by atoms with Gasteiger partial charge < -0.3 is 23.8 Å². The number of ether oxygens (including phenoxy) is 4. The van der Waals surface area contributed by atoms with Gasteiger partial charge in [-0.2, -0.15) is 0 Å². The number of carbonyl (C=O) groups is 2. The molecule has 1 aliphatic rings. The number of fused-ring (bicyclic) bond motifs is 1. The molecule has 180 valence electrons. The maximum Gasteiger partial charge on any atom is 0.227 e. The van der Waals surface area contributed by atoms with Crippen molar-refractivity contribution in [3.8, 4) is 17.2 Å². The second-order valence-electron chi connectivity index (χ2n) is 7.96. The molecular weight excluding hydrogens is 478 g/mol. The minimum atomic E-state index is -0.345. The molecule has 0 spiro atoms. The number of rotatable bonds is 8. The van der Waals surface area contributed by atoms with Crippen LogP contribution in [0.4, 0.5) is 0 Å². The molecule has 1 unspecified atom stereocenters. The molecule has 1 atom stereocenters. The fourth-order valence-corrected chi connectivity index (χ4v) is 5.12. The van der Waals surface area contributed by atoms with Crippen molar-refractivity contribution >= 4 is 44.7 Å². The van der Waals surface area contributed by atoms with E-state index < -0.39 is 0 Å². The van der Waals surface area contributed by atoms with Gasteiger partial charge in [0.1, 0.15) is 12.7 Å². The van der Waals surface area contributed by atoms with E-state index in [4.69, 9.17) is 30.5 Å². The summed E-state index contributed by atoms with van der Waals surface area (Å²) in [6.07, 6.45) is -0.0476. The van der Waals surface area contributed by atoms with Gasteiger partial charge in [-0.1, -0.05) is 11.6 Å². The lowest BCUT2D eigenvalue weighted by Crippen LogP contribution is -2.48. The predicted molar refractivity (Wildman–Crippen MR) is 132 cm³/mol. The van der Waals surface area contributed by atoms with Gasteiger partial charge in [-0.25, -0.2) is 0 Å². The number of carbonyl (C=O) groups excluding carboxylic acids is 2. The number of thiophene rings is 1. The van der Waals surface area contributed by atoms with Gasteiger partial charge in [-0.3, -0.25) is 9.59 Å². The number of benzene rings is 2. The summed E-state index contributed by atoms with van der Waals surface area (Å²) in [7, 11) is 3.01. The van der Waals surface area contributed by atoms with Crippen LogP contribution in [0.15, 0.2) is 35.7 Å². The van der Waals surface area contributed by atoms with Crippen LogP contribution in [-0.2, 0) is 16.0 Å². The highest BCUT2D eigenvalue weighted by Gasteiger charge is 2.27. The fraction of sp³-hybridized carbons (Fsp3) is 0.360. The standard InChI is InChI=1S/C25H26ClNO6S/c1-15(28)19-5-6-21(30-2)25(31-3)24(19)33-13-18-12-27(8-9-32-18)23(29)10-16-14-34-22-7-4-17(26)11-20(16)22/h4-7,11,14,18H,8-10,12-13H2,1-3H3. The molecule has 2 heterocycles. The van der Waals surface area contributed by atoms with Crippen molar-refractivity contribution in [2.75, 3.05) is 40.5 Å². The highest BCUT2D eigenvalue weighted by atomic mass is 35.5. The Morgan fingerprint density at radius 3 is 2.74 bits per heavy atom. The third-order valence-corrected chi connectivity index (χ3v) is 6.99. The molecule has 9 heteroatoms. The maximum absolute atomic E-state index is 13.1. The van der Waals surface area contributed by atoms with Crippen molar-refractivity contribution in [1.29, 1.82) is 0 Å². The molecule has 1 saturated heterocycles. The molecule has 0 bridgehead atoms. The molecule has 7 nitrogen and oxygen atoms in total. The Balaban J connectivity index is 1.44. The Kier molecular flexibility index (Phi) is 7.60. The highest BCUT2D eigenvalue weighted by molar-refractivity contribution is 7.17. The van der Waals surface area contributed by atoms with Crippen molar-refractivity contribution in [3.05, 3.63) is 51.9 Å². The molecule has 1 aliphatic heterocycles. The molecule has 1 fully saturated rings. The van der Waals surface area contributed by atoms with Crippen LogP contribution in [0.5, 0.6) is 17.2 Å². The highest BCUT2D eigenvalue weighted by Crippen LogP contribution is 2.40. The van der Waals surface area contributed by atoms with Gasteiger partial charge in [-0.15, -0.1) is 11.3 Å². The number of halogens is 1. The van der Waals surface area contributed by atoms with Crippen molar-refractivity contribution < 1.29 is 28.5 Å². The zero-order valence-electron chi connectivity index (χ0n) is 19.3. The summed E-state index contributed by atoms with van der Waals surface area (Å²) in [4.78, 5) is 27.0. The SMILES string of the molecule is COc1ccc(C(C)=O)c(OCC2CN(C(=O)Cc3csc4ccc(Cl)cc34)CCO2)c1OC. The Morgan fingerprint density at radius 1 is 1.18 bits per heavy atom. The Morgan fingerprint density at radius 2 is 2.00 bits per heavy atom. The van der Waals surface area contributed by atoms with Crippen LogP contribution in [0.2, 0.25) is 5.02 Å². The quantitative estimate of drug-likeness (QED) is 0.417. The molecule has 3 aromatic rings. The van der Waals surface area contributed by atoms with E-state index in [0.29, 0.717) is 54.0 Å². The summed E-state index contributed by atoms with van der Waals surface area (Å²) in [5, 5.41) is 3.68. The van der Waals surface area contributed by atoms with E-state index in [9.17, 15) is 9.59 Å². The van der Waals surface area contributed by atoms with Crippen LogP contribution in [0.1, 0.15) is 22.8 Å². The van der Waals surface area contributed by atoms with Crippen molar-refractivity contribution in [3.63, 3.8) is 0 Å². The molecule has 0 N–H and O–H groups in total. The van der Waals surface area contributed by atoms with Gasteiger partial charge in [0.05, 0.1) is 39.4 Å². The van der Waals surface area contributed by atoms with Gasteiger partial charge in [0.2, 0.25) is 11.7 Å². The number of Topliss-reactive ketones (excluding diaryl/α,β-unsaturated/α-hetero) is 1. The van der Waals surface area contributed by atoms with Gasteiger partial charge in [0.25, 0.3) is 0 Å². The molecule has 0 radical (unpaired) electrons. The fourth-order valence-electron chi connectivity index (χ4n) is 4.01. The van der Waals surface area contributed by atoms with E-state index >= 15 is 0 Å². The van der Waals surface area contributed by atoms with Crippen LogP contribution in [0, 0.1) is 0 Å². The Bertz CT molecular complexity index is 1210. The van der Waals surface area contributed by atoms with Crippen molar-refractivity contribution in [1.82, 2.24) is 4.90 Å². The molecule has 1 amide bonds. The number of ketones is 1. The normalized spacial score (nSPS) is 15.9. The average molecular weight is 504 g/mol. The molecule has 0 aliphatic carbocycles. The summed E-state index contributed by atoms with van der Waals surface area (Å²) < 4.78 is 23.7. The predicted octanol–water partition coefficient (Wildman–Crippen LogP) is 4.62. The number of morpholine rings is 1. The van der Waals surface area contributed by atoms with Crippen LogP contribution < -0.4 is 14.2 Å². The first-order valence-electron chi connectivity index (χ1n) is 10.8. The lowest BCUT2D eigenvalue weighted by Gasteiger charge is -2.33. The van der Waals surface area contributed by atoms with Gasteiger partial charge in [0, 0.05) is 16.3 Å². The molecule has 0 saturated carbocycles. The Labute approximate surface area is 207 Å². The van der Waals surface area contributed by atoms with Crippen LogP contribution in [0.3, 0.4) is 0 Å². The minimum Gasteiger partial charge on any atom is -0.493 e. The van der Waals surface area contributed by atoms with E-state index in [1.807, 2.05) is 23.6 Å². The zero-order chi connectivity index (χ0) is 24.2. The second-order valence-corrected chi connectivity index (χ2v) is 9.30. The monoisotopic (exact) mass is 503 g/mol. The summed E-state index contributed by atoms with van der Waals surface area (Å²) >= 11 is 7.75. The first-order valence-corrected chi connectivity index (χ1v) is 12.1. The topological polar surface area (TPSA) is 74.3 Å². The number of amides is 1. The summed E-state index contributed by atoms with van der Waals surface area (Å²) in [6, 6.07) is 9.04. The van der Waals surface area contributed by atoms with Gasteiger partial charge >= 0.3 is 0 Å². The van der Waals surface area contributed by atoms with Crippen LogP contribution in [-0.4, -0.2) is 63.2 Å². The Hall–Kier alpha value is -2.81. The number of hydrogen-bond acceptors (Lipinski definition) is 7. The molecule has 1 aromatic heterocycles. The van der Waals surface area contributed by atoms with E-state index in [1.165, 1.54) is 21.1 Å². The molecular formula is C25H26ClNO6S. The maximum atomic E-state index is 13.1. The van der Waals surface area contributed by atoms with Crippen molar-refractivity contribution in [2.24, 2.45) is 0 Å². The van der Waals surface area contributed by atoms with Gasteiger partial charge in [0.15, 0.2) is 17.3 Å². The molecule has 34 heavy (non-hydrogen) atoms. The van der Waals surface area contributed by atoms with Crippen LogP contribution in [0.25, 0.3) is 10.1 Å². The third kappa shape index (κ3) is 5.14. The van der Waals surface area contributed by atoms with E-state index in [1.54, 1.807) is 28.4 Å². The third-order valence-electron chi connectivity index (χ3n) is 5.74. The number of nitrogens with zero attached hydrogens (tertiary/aromatic N) is 1. The first kappa shape index (κ1) is 24.3. The van der Waals surface area contributed by atoms with E-state index in [0.717, 1.165) is 15.6 Å². The lowest BCUT2D eigenvalue weighted by atomic mass is 10.1. The van der Waals surface area contributed by atoms with Gasteiger partial charge in [-0.05, 0) is 53.6 Å². The molecule has 4 rings (SSSR count). The van der Waals surface area contributed by atoms with Crippen LogP contribution >= 0.6 is 22.9 Å². The van der Waals surface area contributed by atoms with E-state index in [-0.39, 0.29) is 24.4 Å². The van der Waals surface area contributed by atoms with E-state index in [2.05, 4.69) is 0 Å². The largest absolute Gasteiger partial charge is 0.493 e. The summed E-state index contributed by atoms with van der Waals surface area (Å²) in [5.74, 6) is 0.994. The van der Waals surface area contributed by atoms with Crippen molar-refractivity contribution in [2.45, 2.75) is 19.4 Å². The average Bonchev–Trinajstić information content (AvgIpc) is 3.23. The number of methoxy groups -OCH3 is 2. The smallest absolute Gasteiger partial charge is 0.227 e.